The van der Waals surface area contributed by atoms with Crippen LogP contribution in [0.1, 0.15) is 48.9 Å². The van der Waals surface area contributed by atoms with Gasteiger partial charge in [-0.25, -0.2) is 0 Å². The second-order valence-corrected chi connectivity index (χ2v) is 27.9. The molecule has 0 saturated heterocycles. The van der Waals surface area contributed by atoms with E-state index >= 15 is 0 Å². The summed E-state index contributed by atoms with van der Waals surface area (Å²) in [6.45, 7) is 6.66. The molecule has 3 heterocycles. The van der Waals surface area contributed by atoms with Crippen LogP contribution >= 0.6 is 11.3 Å². The van der Waals surface area contributed by atoms with E-state index in [0.717, 1.165) is 28.8 Å². The maximum atomic E-state index is 4.84. The number of rotatable bonds is 6. The summed E-state index contributed by atoms with van der Waals surface area (Å²) in [4.78, 5) is 9.60. The van der Waals surface area contributed by atoms with Gasteiger partial charge in [-0.3, -0.25) is 0 Å². The number of pyridine rings is 2. The number of thiophene rings is 1. The zero-order chi connectivity index (χ0) is 37.4. The fourth-order valence-corrected chi connectivity index (χ4v) is 12.8. The summed E-state index contributed by atoms with van der Waals surface area (Å²) in [5.74, 6) is 8.04. The largest absolute Gasteiger partial charge is 0 e. The van der Waals surface area contributed by atoms with Crippen LogP contribution in [-0.2, 0) is 39.4 Å². The fraction of sp³-hybridized carbons (Fsp3) is 0.240. The van der Waals surface area contributed by atoms with Gasteiger partial charge in [-0.05, 0) is 68.2 Å². The fourth-order valence-electron chi connectivity index (χ4n) is 8.15. The molecule has 3 aromatic heterocycles. The van der Waals surface area contributed by atoms with Crippen molar-refractivity contribution in [1.82, 2.24) is 9.97 Å². The van der Waals surface area contributed by atoms with Gasteiger partial charge in [-0.2, -0.15) is 11.3 Å². The van der Waals surface area contributed by atoms with Crippen molar-refractivity contribution < 1.29 is 20.1 Å². The summed E-state index contributed by atoms with van der Waals surface area (Å²) in [5.41, 5.74) is 12.6. The van der Waals surface area contributed by atoms with Gasteiger partial charge in [0.2, 0.25) is 0 Å². The molecule has 1 radical (unpaired) electrons. The Balaban J connectivity index is 0.000000190. The van der Waals surface area contributed by atoms with Gasteiger partial charge >= 0.3 is 125 Å². The Morgan fingerprint density at radius 2 is 1.56 bits per heavy atom. The smallest absolute Gasteiger partial charge is 0 e. The Kier molecular flexibility index (Phi) is 11.9. The predicted octanol–water partition coefficient (Wildman–Crippen LogP) is 13.2. The minimum Gasteiger partial charge on any atom is 0 e. The quantitative estimate of drug-likeness (QED) is 0.123. The van der Waals surface area contributed by atoms with Crippen LogP contribution in [0.3, 0.4) is 0 Å². The molecule has 0 unspecified atom stereocenters. The standard InChI is InChI=1S/C32H26NS.C18H22GeN.Ir/c1-20(2)15-22-13-14-33-30(18-22)29-17-21(3)16-28-27-19-24(11-12-31(27)34-32(28)29)26-10-6-8-23-7-4-5-9-25(23)26;1-19(2,3)17-13-20-18(14-9-5-4-6-10-14)16-12-8-7-11-15(16)17;/h4-14,16,18-20H,15H2,1-3H3;4-6,9,13H,7-8,11-12H2,1-3H3;/q2*-1;. The molecule has 0 spiro atoms. The third kappa shape index (κ3) is 8.30. The van der Waals surface area contributed by atoms with Gasteiger partial charge < -0.3 is 4.98 Å². The van der Waals surface area contributed by atoms with Gasteiger partial charge in [-0.15, -0.1) is 23.3 Å². The van der Waals surface area contributed by atoms with Gasteiger partial charge in [0.05, 0.1) is 0 Å². The predicted molar refractivity (Wildman–Crippen MR) is 236 cm³/mol. The zero-order valence-corrected chi connectivity index (χ0v) is 38.0. The van der Waals surface area contributed by atoms with Crippen molar-refractivity contribution in [2.24, 2.45) is 5.92 Å². The molecule has 0 amide bonds. The molecular formula is C50H48GeIrN2S-2. The first-order chi connectivity index (χ1) is 26.1. The van der Waals surface area contributed by atoms with E-state index in [1.807, 2.05) is 29.7 Å². The second kappa shape index (κ2) is 16.7. The van der Waals surface area contributed by atoms with Gasteiger partial charge in [0.15, 0.2) is 0 Å². The van der Waals surface area contributed by atoms with Crippen LogP contribution in [-0.4, -0.2) is 23.2 Å². The molecule has 8 aromatic rings. The number of hydrogen-bond donors (Lipinski definition) is 0. The maximum absolute atomic E-state index is 4.84. The van der Waals surface area contributed by atoms with Crippen molar-refractivity contribution in [1.29, 1.82) is 0 Å². The molecule has 0 N–H and O–H groups in total. The molecule has 279 valence electrons. The van der Waals surface area contributed by atoms with E-state index in [1.54, 1.807) is 9.96 Å². The first-order valence-corrected chi connectivity index (χ1v) is 27.6. The van der Waals surface area contributed by atoms with Crippen LogP contribution in [0, 0.1) is 25.0 Å². The van der Waals surface area contributed by atoms with Gasteiger partial charge in [0, 0.05) is 31.0 Å². The van der Waals surface area contributed by atoms with E-state index in [9.17, 15) is 0 Å². The minimum absolute atomic E-state index is 0. The zero-order valence-electron chi connectivity index (χ0n) is 32.7. The van der Waals surface area contributed by atoms with Crippen molar-refractivity contribution in [3.05, 3.63) is 150 Å². The SMILES string of the molecule is Cc1[c-]c(-c2cc(CC(C)C)ccn2)c2sc3ccc(-c4cccc5ccccc45)cc3c2c1.[CH3][Ge]([CH3])([CH3])[c]1cnc(-c2[c-]cccc2)c2c1CCCC2.[Ir]. The van der Waals surface area contributed by atoms with Crippen molar-refractivity contribution in [3.8, 4) is 33.6 Å². The third-order valence-electron chi connectivity index (χ3n) is 10.6. The monoisotopic (exact) mass is 975 g/mol. The van der Waals surface area contributed by atoms with E-state index in [0.29, 0.717) is 5.92 Å². The summed E-state index contributed by atoms with van der Waals surface area (Å²) in [7, 11) is 0. The Morgan fingerprint density at radius 3 is 2.35 bits per heavy atom. The summed E-state index contributed by atoms with van der Waals surface area (Å²) >= 11 is 0.0196. The van der Waals surface area contributed by atoms with Crippen molar-refractivity contribution in [2.45, 2.75) is 70.1 Å². The molecule has 1 aliphatic carbocycles. The number of aromatic nitrogens is 2. The van der Waals surface area contributed by atoms with Crippen LogP contribution < -0.4 is 4.40 Å². The van der Waals surface area contributed by atoms with E-state index in [1.165, 1.54) is 84.6 Å². The van der Waals surface area contributed by atoms with Crippen molar-refractivity contribution in [3.63, 3.8) is 0 Å². The first-order valence-electron chi connectivity index (χ1n) is 19.4. The molecule has 0 atom stereocenters. The molecule has 55 heavy (non-hydrogen) atoms. The topological polar surface area (TPSA) is 25.8 Å². The maximum Gasteiger partial charge on any atom is 0 e. The van der Waals surface area contributed by atoms with Gasteiger partial charge in [0.1, 0.15) is 0 Å². The number of nitrogens with zero attached hydrogens (tertiary/aromatic N) is 2. The summed E-state index contributed by atoms with van der Waals surface area (Å²) in [5, 5.41) is 5.17. The van der Waals surface area contributed by atoms with E-state index in [-0.39, 0.29) is 20.1 Å². The van der Waals surface area contributed by atoms with E-state index in [4.69, 9.17) is 9.97 Å². The summed E-state index contributed by atoms with van der Waals surface area (Å²) < 4.78 is 4.18. The Morgan fingerprint density at radius 1 is 0.782 bits per heavy atom. The van der Waals surface area contributed by atoms with Crippen LogP contribution in [0.5, 0.6) is 0 Å². The molecule has 1 aliphatic rings. The number of fused-ring (bicyclic) bond motifs is 5. The molecule has 0 saturated carbocycles. The Hall–Kier alpha value is -3.93. The average molecular weight is 974 g/mol. The molecule has 0 aliphatic heterocycles. The first kappa shape index (κ1) is 39.3. The molecule has 5 aromatic carbocycles. The normalized spacial score (nSPS) is 12.7. The average Bonchev–Trinajstić information content (AvgIpc) is 3.54. The molecule has 5 heteroatoms. The Labute approximate surface area is 347 Å². The second-order valence-electron chi connectivity index (χ2n) is 16.3. The van der Waals surface area contributed by atoms with Gasteiger partial charge in [-0.1, -0.05) is 86.3 Å². The van der Waals surface area contributed by atoms with Crippen LogP contribution in [0.25, 0.3) is 64.6 Å². The molecule has 0 fully saturated rings. The minimum atomic E-state index is -1.83. The third-order valence-corrected chi connectivity index (χ3v) is 16.1. The van der Waals surface area contributed by atoms with Crippen LogP contribution in [0.15, 0.2) is 116 Å². The van der Waals surface area contributed by atoms with Crippen LogP contribution in [0.4, 0.5) is 0 Å². The molecule has 9 rings (SSSR count). The van der Waals surface area contributed by atoms with Gasteiger partial charge in [0.25, 0.3) is 0 Å². The van der Waals surface area contributed by atoms with E-state index in [2.05, 4.69) is 147 Å². The summed E-state index contributed by atoms with van der Waals surface area (Å²) in [6.07, 6.45) is 10.3. The number of aryl methyl sites for hydroxylation is 1. The van der Waals surface area contributed by atoms with Crippen LogP contribution in [0.2, 0.25) is 17.3 Å². The van der Waals surface area contributed by atoms with Crippen molar-refractivity contribution in [2.75, 3.05) is 0 Å². The number of hydrogen-bond acceptors (Lipinski definition) is 3. The van der Waals surface area contributed by atoms with E-state index < -0.39 is 13.3 Å². The Bertz CT molecular complexity index is 2610. The summed E-state index contributed by atoms with van der Waals surface area (Å²) in [6, 6.07) is 44.0. The molecule has 0 bridgehead atoms. The van der Waals surface area contributed by atoms with Crippen molar-refractivity contribution >= 4 is 59.9 Å². The molecule has 2 nitrogen and oxygen atoms in total. The number of benzene rings is 5. The molecular weight excluding hydrogens is 925 g/mol.